The molecule has 7 nitrogen and oxygen atoms in total. The summed E-state index contributed by atoms with van der Waals surface area (Å²) in [5, 5.41) is 0.368. The van der Waals surface area contributed by atoms with Crippen molar-refractivity contribution in [1.82, 2.24) is 9.97 Å². The van der Waals surface area contributed by atoms with Crippen LogP contribution in [0.2, 0.25) is 10.3 Å². The highest BCUT2D eigenvalue weighted by Gasteiger charge is 2.50. The monoisotopic (exact) mass is 788 g/mol. The molecule has 0 bridgehead atoms. The maximum absolute atomic E-state index is 7.07. The van der Waals surface area contributed by atoms with E-state index in [0.717, 1.165) is 34.2 Å². The first-order valence-corrected chi connectivity index (χ1v) is 19.8. The van der Waals surface area contributed by atoms with Gasteiger partial charge in [-0.1, -0.05) is 176 Å². The molecule has 1 aromatic heterocycles. The molecule has 288 valence electrons. The minimum atomic E-state index is -0.820. The Hall–Kier alpha value is -4.44. The topological polar surface area (TPSA) is 71.9 Å². The van der Waals surface area contributed by atoms with E-state index in [9.17, 15) is 0 Å². The second-order valence-corrected chi connectivity index (χ2v) is 14.6. The Morgan fingerprint density at radius 2 is 0.964 bits per heavy atom. The Morgan fingerprint density at radius 1 is 0.500 bits per heavy atom. The lowest BCUT2D eigenvalue weighted by Crippen LogP contribution is -2.58. The molecule has 9 heteroatoms. The fraction of sp³-hybridized carbons (Fsp3) is 0.277. The van der Waals surface area contributed by atoms with Crippen LogP contribution >= 0.6 is 23.2 Å². The van der Waals surface area contributed by atoms with Crippen LogP contribution in [0.4, 0.5) is 0 Å². The number of benzene rings is 5. The average Bonchev–Trinajstić information content (AvgIpc) is 3.24. The summed E-state index contributed by atoms with van der Waals surface area (Å²) in [6, 6.07) is 48.6. The fourth-order valence-corrected chi connectivity index (χ4v) is 7.31. The van der Waals surface area contributed by atoms with Gasteiger partial charge in [-0.15, -0.1) is 0 Å². The second kappa shape index (κ2) is 20.1. The highest BCUT2D eigenvalue weighted by molar-refractivity contribution is 6.33. The van der Waals surface area contributed by atoms with Crippen molar-refractivity contribution in [2.45, 2.75) is 76.7 Å². The summed E-state index contributed by atoms with van der Waals surface area (Å²) >= 11 is 13.7. The van der Waals surface area contributed by atoms with E-state index in [1.807, 2.05) is 121 Å². The third-order valence-electron chi connectivity index (χ3n) is 9.86. The first-order chi connectivity index (χ1) is 27.5. The molecule has 0 spiro atoms. The fourth-order valence-electron chi connectivity index (χ4n) is 6.83. The summed E-state index contributed by atoms with van der Waals surface area (Å²) in [7, 11) is 0. The van der Waals surface area contributed by atoms with Crippen LogP contribution in [0.1, 0.15) is 57.8 Å². The number of halogens is 2. The smallest absolute Gasteiger partial charge is 0.155 e. The zero-order chi connectivity index (χ0) is 38.5. The van der Waals surface area contributed by atoms with E-state index in [0.29, 0.717) is 37.6 Å². The summed E-state index contributed by atoms with van der Waals surface area (Å²) in [6.07, 6.45) is -2.00. The van der Waals surface area contributed by atoms with Gasteiger partial charge in [0.25, 0.3) is 0 Å². The molecule has 7 rings (SSSR count). The van der Waals surface area contributed by atoms with Crippen LogP contribution < -0.4 is 0 Å². The highest BCUT2D eigenvalue weighted by Crippen LogP contribution is 2.40. The zero-order valence-corrected chi connectivity index (χ0v) is 32.9. The van der Waals surface area contributed by atoms with E-state index < -0.39 is 30.5 Å². The molecule has 1 fully saturated rings. The van der Waals surface area contributed by atoms with Gasteiger partial charge in [0.1, 0.15) is 36.2 Å². The number of nitrogens with zero attached hydrogens (tertiary/aromatic N) is 2. The Bertz CT molecular complexity index is 2080. The molecule has 0 amide bonds. The minimum absolute atomic E-state index is 0.132. The molecule has 0 unspecified atom stereocenters. The highest BCUT2D eigenvalue weighted by atomic mass is 35.5. The summed E-state index contributed by atoms with van der Waals surface area (Å²) in [6.45, 7) is 3.66. The first kappa shape index (κ1) is 39.8. The average molecular weight is 790 g/mol. The van der Waals surface area contributed by atoms with Crippen molar-refractivity contribution in [3.8, 4) is 0 Å². The minimum Gasteiger partial charge on any atom is -0.374 e. The summed E-state index contributed by atoms with van der Waals surface area (Å²) in [4.78, 5) is 9.71. The van der Waals surface area contributed by atoms with Gasteiger partial charge in [0.15, 0.2) is 10.3 Å². The van der Waals surface area contributed by atoms with Crippen LogP contribution in [0.3, 0.4) is 0 Å². The normalized spacial score (nSPS) is 19.5. The van der Waals surface area contributed by atoms with Crippen molar-refractivity contribution >= 4 is 23.2 Å². The SMILES string of the molecule is CCc1ccc(Cc2nc([C@@H]3O[C@H](COCc4ccccc4)[C@@H](OCc4ccccc4)[C@H](OCc4ccccc4)[C@H]3OCc3ccccc3)c(Cl)nc2Cl)cc1. The van der Waals surface area contributed by atoms with E-state index in [-0.39, 0.29) is 23.5 Å². The molecule has 1 saturated heterocycles. The van der Waals surface area contributed by atoms with Gasteiger partial charge in [0.2, 0.25) is 0 Å². The van der Waals surface area contributed by atoms with Crippen molar-refractivity contribution in [1.29, 1.82) is 0 Å². The second-order valence-electron chi connectivity index (χ2n) is 13.9. The largest absolute Gasteiger partial charge is 0.374 e. The van der Waals surface area contributed by atoms with E-state index >= 15 is 0 Å². The van der Waals surface area contributed by atoms with Crippen molar-refractivity contribution in [3.63, 3.8) is 0 Å². The van der Waals surface area contributed by atoms with Gasteiger partial charge in [-0.2, -0.15) is 0 Å². The van der Waals surface area contributed by atoms with Gasteiger partial charge in [0.05, 0.1) is 38.7 Å². The number of hydrogen-bond donors (Lipinski definition) is 0. The maximum Gasteiger partial charge on any atom is 0.155 e. The Morgan fingerprint density at radius 3 is 1.48 bits per heavy atom. The lowest BCUT2D eigenvalue weighted by Gasteiger charge is -2.46. The Kier molecular flexibility index (Phi) is 14.3. The predicted molar refractivity (Wildman–Crippen MR) is 219 cm³/mol. The third-order valence-corrected chi connectivity index (χ3v) is 10.4. The van der Waals surface area contributed by atoms with Crippen molar-refractivity contribution in [3.05, 3.63) is 201 Å². The lowest BCUT2D eigenvalue weighted by atomic mass is 9.92. The molecular weight excluding hydrogens is 743 g/mol. The van der Waals surface area contributed by atoms with Gasteiger partial charge < -0.3 is 23.7 Å². The molecule has 6 aromatic rings. The molecule has 1 aliphatic rings. The van der Waals surface area contributed by atoms with Gasteiger partial charge in [-0.05, 0) is 39.8 Å². The third kappa shape index (κ3) is 10.7. The van der Waals surface area contributed by atoms with Crippen LogP contribution in [0.25, 0.3) is 0 Å². The molecule has 0 saturated carbocycles. The molecule has 0 aliphatic carbocycles. The molecule has 2 heterocycles. The number of rotatable bonds is 17. The standard InChI is InChI=1S/C47H46Cl2N2O5/c1-2-33-23-25-34(26-24-33)27-39-46(48)51-47(49)41(50-39)43-45(55-31-38-21-13-6-14-22-38)44(54-30-37-19-11-5-12-20-37)42(53-29-36-17-9-4-10-18-36)40(56-43)32-52-28-35-15-7-3-8-16-35/h3-26,40,42-45H,2,27-32H2,1H3/t40-,42-,43+,44+,45+/m1/s1. The summed E-state index contributed by atoms with van der Waals surface area (Å²) in [5.41, 5.74) is 7.38. The van der Waals surface area contributed by atoms with Crippen LogP contribution in [0.15, 0.2) is 146 Å². The lowest BCUT2D eigenvalue weighted by molar-refractivity contribution is -0.275. The molecule has 5 atom stereocenters. The Labute approximate surface area is 339 Å². The van der Waals surface area contributed by atoms with E-state index in [2.05, 4.69) is 36.2 Å². The molecule has 56 heavy (non-hydrogen) atoms. The number of aromatic nitrogens is 2. The molecule has 0 N–H and O–H groups in total. The predicted octanol–water partition coefficient (Wildman–Crippen LogP) is 10.3. The first-order valence-electron chi connectivity index (χ1n) is 19.1. The zero-order valence-electron chi connectivity index (χ0n) is 31.4. The van der Waals surface area contributed by atoms with Gasteiger partial charge in [-0.3, -0.25) is 0 Å². The summed E-state index contributed by atoms with van der Waals surface area (Å²) in [5.74, 6) is 0. The van der Waals surface area contributed by atoms with Crippen molar-refractivity contribution in [2.75, 3.05) is 6.61 Å². The van der Waals surface area contributed by atoms with Crippen LogP contribution in [-0.4, -0.2) is 41.0 Å². The maximum atomic E-state index is 7.07. The van der Waals surface area contributed by atoms with Crippen molar-refractivity contribution in [2.24, 2.45) is 0 Å². The molecule has 0 radical (unpaired) electrons. The van der Waals surface area contributed by atoms with Crippen LogP contribution in [0, 0.1) is 0 Å². The van der Waals surface area contributed by atoms with Crippen LogP contribution in [0.5, 0.6) is 0 Å². The van der Waals surface area contributed by atoms with Gasteiger partial charge in [-0.25, -0.2) is 9.97 Å². The number of aryl methyl sites for hydroxylation is 1. The number of ether oxygens (including phenoxy) is 5. The molecular formula is C47H46Cl2N2O5. The molecule has 5 aromatic carbocycles. The van der Waals surface area contributed by atoms with Gasteiger partial charge in [0, 0.05) is 6.42 Å². The van der Waals surface area contributed by atoms with E-state index in [1.165, 1.54) is 5.56 Å². The number of hydrogen-bond acceptors (Lipinski definition) is 7. The van der Waals surface area contributed by atoms with Crippen LogP contribution in [-0.2, 0) is 63.0 Å². The van der Waals surface area contributed by atoms with E-state index in [4.69, 9.17) is 51.9 Å². The van der Waals surface area contributed by atoms with Gasteiger partial charge >= 0.3 is 0 Å². The summed E-state index contributed by atoms with van der Waals surface area (Å²) < 4.78 is 34.1. The van der Waals surface area contributed by atoms with Crippen molar-refractivity contribution < 1.29 is 23.7 Å². The quantitative estimate of drug-likeness (QED) is 0.0911. The molecule has 1 aliphatic heterocycles. The Balaban J connectivity index is 1.28. The van der Waals surface area contributed by atoms with E-state index in [1.54, 1.807) is 0 Å².